The summed E-state index contributed by atoms with van der Waals surface area (Å²) in [6.07, 6.45) is 0.935. The van der Waals surface area contributed by atoms with Crippen LogP contribution in [0.1, 0.15) is 94.8 Å². The van der Waals surface area contributed by atoms with Crippen LogP contribution in [-0.2, 0) is 59.4 Å². The molecule has 0 radical (unpaired) electrons. The van der Waals surface area contributed by atoms with E-state index >= 15 is 0 Å². The van der Waals surface area contributed by atoms with E-state index in [4.69, 9.17) is 41.9 Å². The van der Waals surface area contributed by atoms with Gasteiger partial charge in [0.2, 0.25) is 11.6 Å². The Kier molecular flexibility index (Phi) is 18.6. The fraction of sp³-hybridized carbons (Fsp3) is 0.365. The fourth-order valence-electron chi connectivity index (χ4n) is 10.5. The molecule has 20 nitrogen and oxygen atoms in total. The first-order valence-electron chi connectivity index (χ1n) is 26.9. The number of carbonyl (C=O) groups excluding carboxylic acids is 6. The van der Waals surface area contributed by atoms with Gasteiger partial charge in [-0.3, -0.25) is 29.0 Å². The van der Waals surface area contributed by atoms with Crippen LogP contribution in [0.5, 0.6) is 11.8 Å². The number of carbonyl (C=O) groups is 6. The molecule has 4 aromatic carbocycles. The third-order valence-electron chi connectivity index (χ3n) is 15.6. The van der Waals surface area contributed by atoms with Crippen molar-refractivity contribution in [3.05, 3.63) is 191 Å². The van der Waals surface area contributed by atoms with Crippen LogP contribution in [0.15, 0.2) is 155 Å². The van der Waals surface area contributed by atoms with Crippen molar-refractivity contribution in [3.8, 4) is 11.8 Å². The maximum atomic E-state index is 14.9. The third kappa shape index (κ3) is 12.2. The van der Waals surface area contributed by atoms with Crippen LogP contribution >= 0.6 is 0 Å². The highest BCUT2D eigenvalue weighted by Gasteiger charge is 2.69. The Morgan fingerprint density at radius 1 is 0.571 bits per heavy atom. The van der Waals surface area contributed by atoms with Gasteiger partial charge in [0, 0.05) is 0 Å². The fourth-order valence-corrected chi connectivity index (χ4v) is 12.0. The van der Waals surface area contributed by atoms with Crippen molar-refractivity contribution in [1.82, 2.24) is 20.1 Å². The molecule has 84 heavy (non-hydrogen) atoms. The van der Waals surface area contributed by atoms with E-state index in [-0.39, 0.29) is 73.3 Å². The predicted octanol–water partition coefficient (Wildman–Crippen LogP) is 10.2. The summed E-state index contributed by atoms with van der Waals surface area (Å²) < 4.78 is 52.1. The Hall–Kier alpha value is -8.34. The van der Waals surface area contributed by atoms with E-state index in [0.717, 1.165) is 28.3 Å². The summed E-state index contributed by atoms with van der Waals surface area (Å²) in [6.45, 7) is 10.2. The van der Waals surface area contributed by atoms with Crippen LogP contribution < -0.4 is 9.47 Å². The van der Waals surface area contributed by atoms with Gasteiger partial charge < -0.3 is 47.0 Å². The molecule has 4 aliphatic carbocycles. The summed E-state index contributed by atoms with van der Waals surface area (Å²) in [6, 6.07) is 35.3. The molecule has 0 amide bonds. The Balaban J connectivity index is 0.000000219. The Morgan fingerprint density at radius 3 is 1.35 bits per heavy atom. The minimum atomic E-state index is -2.83. The molecule has 8 atom stereocenters. The number of fused-ring (bicyclic) bond motifs is 4. The Morgan fingerprint density at radius 2 is 0.940 bits per heavy atom. The topological polar surface area (TPSA) is 246 Å². The lowest BCUT2D eigenvalue weighted by molar-refractivity contribution is -0.145. The van der Waals surface area contributed by atoms with Crippen molar-refractivity contribution >= 4 is 43.8 Å². The van der Waals surface area contributed by atoms with E-state index in [0.29, 0.717) is 0 Å². The first-order chi connectivity index (χ1) is 39.6. The zero-order chi connectivity index (χ0) is 59.4. The third-order valence-corrected chi connectivity index (χ3v) is 20.1. The summed E-state index contributed by atoms with van der Waals surface area (Å²) >= 11 is 0. The SMILES string of the molecule is C.CN(C)[C@@H]1c2onc(OCc3ccccc3)c2C(=O)[C@@]2(O)C(=O)C=C[C@H](OC(=O)OCc3ccccc3)[C@@H]12.CN(C)[C@@H]1c2onc(OCc3ccccc3)c2C(=O)[C@@]2(O[Si](C)(C)C(C)(C)C)C(=O)C=C[C@H](OC(=O)OCc3ccccc3)[C@@H]12. The number of benzene rings is 4. The lowest BCUT2D eigenvalue weighted by Crippen LogP contribution is -2.68. The Bertz CT molecular complexity index is 3400. The summed E-state index contributed by atoms with van der Waals surface area (Å²) in [5, 5.41) is 19.4. The second kappa shape index (κ2) is 25.2. The van der Waals surface area contributed by atoms with Crippen molar-refractivity contribution < 1.29 is 75.8 Å². The van der Waals surface area contributed by atoms with E-state index in [2.05, 4.69) is 10.3 Å². The van der Waals surface area contributed by atoms with Crippen LogP contribution in [0.3, 0.4) is 0 Å². The lowest BCUT2D eigenvalue weighted by atomic mass is 9.64. The molecule has 6 aromatic rings. The molecule has 10 rings (SSSR count). The number of aliphatic hydroxyl groups is 1. The number of Topliss-reactive ketones (excluding diaryl/α,β-unsaturated/α-hetero) is 2. The second-order valence-corrected chi connectivity index (χ2v) is 27.3. The van der Waals surface area contributed by atoms with Gasteiger partial charge in [-0.05, 0) is 103 Å². The maximum absolute atomic E-state index is 14.9. The number of hydrogen-bond acceptors (Lipinski definition) is 20. The molecular weight excluding hydrogens is 1100 g/mol. The molecule has 1 N–H and O–H groups in total. The van der Waals surface area contributed by atoms with Crippen molar-refractivity contribution in [2.45, 2.75) is 108 Å². The number of aromatic nitrogens is 2. The van der Waals surface area contributed by atoms with Gasteiger partial charge in [0.15, 0.2) is 42.6 Å². The molecule has 2 aromatic heterocycles. The zero-order valence-corrected chi connectivity index (χ0v) is 48.5. The summed E-state index contributed by atoms with van der Waals surface area (Å²) in [5.41, 5.74) is -1.42. The van der Waals surface area contributed by atoms with Crippen LogP contribution in [0, 0.1) is 11.8 Å². The van der Waals surface area contributed by atoms with Crippen molar-refractivity contribution in [2.24, 2.45) is 11.8 Å². The molecule has 0 saturated heterocycles. The zero-order valence-electron chi connectivity index (χ0n) is 47.5. The molecule has 21 heteroatoms. The number of hydrogen-bond donors (Lipinski definition) is 1. The second-order valence-electron chi connectivity index (χ2n) is 22.6. The van der Waals surface area contributed by atoms with Gasteiger partial charge in [-0.25, -0.2) is 9.59 Å². The van der Waals surface area contributed by atoms with E-state index in [1.807, 2.05) is 148 Å². The van der Waals surface area contributed by atoms with Gasteiger partial charge >= 0.3 is 12.3 Å². The minimum absolute atomic E-state index is 0. The standard InChI is InChI=1S/C34H40N2O8Si.C28H26N2O8.CH4/c1-33(2,3)45(6,7)44-34-25(37)19-18-24(42-32(39)41-21-23-16-12-9-13-17-23)27(34)28(36(4)5)29-26(30(34)38)31(35-43-29)40-20-22-14-10-8-11-15-22;1-30(2)23-22-19(37-27(33)36-16-18-11-7-4-8-12-18)13-14-20(31)28(22,34)25(32)21-24(23)38-29-26(21)35-15-17-9-5-3-6-10-17;/h8-19,24,27-28H,20-21H2,1-7H3;3-14,19,22-23,34H,15-16H2,1-2H3;1H4/t24-,27-,28-,34+;19-,22-,23-,28+;/m00./s1. The largest absolute Gasteiger partial charge is 0.509 e. The monoisotopic (exact) mass is 1170 g/mol. The maximum Gasteiger partial charge on any atom is 0.509 e. The van der Waals surface area contributed by atoms with Gasteiger partial charge in [0.1, 0.15) is 49.8 Å². The predicted molar refractivity (Wildman–Crippen MR) is 307 cm³/mol. The highest BCUT2D eigenvalue weighted by Crippen LogP contribution is 2.55. The van der Waals surface area contributed by atoms with Crippen LogP contribution in [0.4, 0.5) is 9.59 Å². The Labute approximate surface area is 488 Å². The molecule has 0 saturated carbocycles. The van der Waals surface area contributed by atoms with Crippen molar-refractivity contribution in [3.63, 3.8) is 0 Å². The van der Waals surface area contributed by atoms with Crippen LogP contribution in [0.2, 0.25) is 18.1 Å². The molecule has 0 bridgehead atoms. The van der Waals surface area contributed by atoms with E-state index < -0.39 is 91.1 Å². The quantitative estimate of drug-likeness (QED) is 0.0538. The van der Waals surface area contributed by atoms with Gasteiger partial charge in [0.25, 0.3) is 11.8 Å². The van der Waals surface area contributed by atoms with Crippen LogP contribution in [-0.4, -0.2) is 121 Å². The molecular formula is C63H70N4O16Si. The molecule has 0 fully saturated rings. The number of ketones is 4. The van der Waals surface area contributed by atoms with Gasteiger partial charge in [-0.15, -0.1) is 0 Å². The van der Waals surface area contributed by atoms with E-state index in [9.17, 15) is 33.9 Å². The van der Waals surface area contributed by atoms with E-state index in [1.165, 1.54) is 18.2 Å². The first kappa shape index (κ1) is 61.7. The summed E-state index contributed by atoms with van der Waals surface area (Å²) in [5.74, 6) is -5.01. The van der Waals surface area contributed by atoms with E-state index in [1.54, 1.807) is 45.2 Å². The smallest absolute Gasteiger partial charge is 0.470 e. The lowest BCUT2D eigenvalue weighted by Gasteiger charge is -2.53. The highest BCUT2D eigenvalue weighted by molar-refractivity contribution is 6.74. The highest BCUT2D eigenvalue weighted by atomic mass is 28.4. The molecule has 0 aliphatic heterocycles. The normalized spacial score (nSPS) is 23.2. The molecule has 0 spiro atoms. The minimum Gasteiger partial charge on any atom is -0.470 e. The molecule has 4 aliphatic rings. The molecule has 442 valence electrons. The molecule has 0 unspecified atom stereocenters. The number of nitrogens with zero attached hydrogens (tertiary/aromatic N) is 4. The first-order valence-corrected chi connectivity index (χ1v) is 29.8. The van der Waals surface area contributed by atoms with Crippen molar-refractivity contribution in [2.75, 3.05) is 28.2 Å². The number of ether oxygens (including phenoxy) is 6. The number of rotatable bonds is 16. The average Bonchev–Trinajstić information content (AvgIpc) is 1.24. The van der Waals surface area contributed by atoms with Gasteiger partial charge in [-0.2, -0.15) is 0 Å². The van der Waals surface area contributed by atoms with Gasteiger partial charge in [0.05, 0.1) is 23.9 Å². The van der Waals surface area contributed by atoms with Gasteiger partial charge in [-0.1, -0.05) is 150 Å². The average molecular weight is 1170 g/mol. The summed E-state index contributed by atoms with van der Waals surface area (Å²) in [4.78, 5) is 84.9. The van der Waals surface area contributed by atoms with Crippen molar-refractivity contribution in [1.29, 1.82) is 0 Å². The molecule has 2 heterocycles. The summed E-state index contributed by atoms with van der Waals surface area (Å²) in [7, 11) is 4.13. The van der Waals surface area contributed by atoms with Crippen LogP contribution in [0.25, 0.3) is 0 Å².